The van der Waals surface area contributed by atoms with Gasteiger partial charge in [-0.05, 0) is 53.6 Å². The maximum atomic E-state index is 12.5. The van der Waals surface area contributed by atoms with E-state index in [1.54, 1.807) is 17.0 Å². The van der Waals surface area contributed by atoms with Gasteiger partial charge < -0.3 is 15.2 Å². The zero-order valence-electron chi connectivity index (χ0n) is 12.3. The number of hydrogen-bond donors (Lipinski definition) is 2. The van der Waals surface area contributed by atoms with Crippen LogP contribution in [0.5, 0.6) is 0 Å². The number of anilines is 1. The van der Waals surface area contributed by atoms with Crippen molar-refractivity contribution in [3.8, 4) is 0 Å². The molecule has 1 aromatic rings. The van der Waals surface area contributed by atoms with E-state index in [1.807, 2.05) is 20.8 Å². The molecular formula is C14H24N4O. The van der Waals surface area contributed by atoms with E-state index in [2.05, 4.69) is 22.5 Å². The van der Waals surface area contributed by atoms with Gasteiger partial charge in [-0.2, -0.15) is 0 Å². The molecule has 106 valence electrons. The summed E-state index contributed by atoms with van der Waals surface area (Å²) in [5, 5.41) is 6.69. The van der Waals surface area contributed by atoms with Gasteiger partial charge in [-0.25, -0.2) is 4.98 Å². The lowest BCUT2D eigenvalue weighted by molar-refractivity contribution is 0.359. The maximum absolute atomic E-state index is 12.5. The van der Waals surface area contributed by atoms with Crippen molar-refractivity contribution < 1.29 is 0 Å². The number of nitrogens with zero attached hydrogens (tertiary/aromatic N) is 2. The van der Waals surface area contributed by atoms with Crippen LogP contribution in [0.25, 0.3) is 0 Å². The molecule has 0 amide bonds. The predicted octanol–water partition coefficient (Wildman–Crippen LogP) is 1.55. The van der Waals surface area contributed by atoms with Crippen molar-refractivity contribution in [2.75, 3.05) is 18.4 Å². The van der Waals surface area contributed by atoms with Crippen LogP contribution in [-0.2, 0) is 5.54 Å². The second-order valence-electron chi connectivity index (χ2n) is 6.56. The lowest BCUT2D eigenvalue weighted by Crippen LogP contribution is -2.47. The number of piperidine rings is 1. The molecule has 1 aliphatic rings. The van der Waals surface area contributed by atoms with Crippen molar-refractivity contribution in [2.45, 2.75) is 51.6 Å². The van der Waals surface area contributed by atoms with E-state index >= 15 is 0 Å². The van der Waals surface area contributed by atoms with Crippen molar-refractivity contribution in [1.29, 1.82) is 0 Å². The number of rotatable bonds is 2. The molecule has 0 spiro atoms. The summed E-state index contributed by atoms with van der Waals surface area (Å²) in [6, 6.07) is 0. The molecule has 1 aliphatic heterocycles. The van der Waals surface area contributed by atoms with Gasteiger partial charge in [-0.15, -0.1) is 0 Å². The zero-order chi connectivity index (χ0) is 14.1. The van der Waals surface area contributed by atoms with Crippen LogP contribution in [0.1, 0.15) is 40.5 Å². The van der Waals surface area contributed by atoms with Crippen LogP contribution in [0.4, 0.5) is 5.82 Å². The summed E-state index contributed by atoms with van der Waals surface area (Å²) in [4.78, 5) is 16.7. The van der Waals surface area contributed by atoms with Crippen LogP contribution in [0.2, 0.25) is 0 Å². The molecule has 0 radical (unpaired) electrons. The van der Waals surface area contributed by atoms with E-state index in [1.165, 1.54) is 0 Å². The summed E-state index contributed by atoms with van der Waals surface area (Å²) >= 11 is 0. The molecule has 2 rings (SSSR count). The fraction of sp³-hybridized carbons (Fsp3) is 0.714. The molecule has 19 heavy (non-hydrogen) atoms. The normalized spacial score (nSPS) is 19.2. The SMILES string of the molecule is CC1(Nc2nccn(C(C)(C)C)c2=O)CCNCC1. The molecule has 0 aromatic carbocycles. The Morgan fingerprint density at radius 2 is 2.00 bits per heavy atom. The van der Waals surface area contributed by atoms with Crippen LogP contribution in [0, 0.1) is 0 Å². The van der Waals surface area contributed by atoms with Crippen molar-refractivity contribution in [3.63, 3.8) is 0 Å². The van der Waals surface area contributed by atoms with Gasteiger partial charge >= 0.3 is 0 Å². The highest BCUT2D eigenvalue weighted by Gasteiger charge is 2.28. The van der Waals surface area contributed by atoms with E-state index in [9.17, 15) is 4.79 Å². The summed E-state index contributed by atoms with van der Waals surface area (Å²) in [5.41, 5.74) is -0.324. The standard InChI is InChI=1S/C14H24N4O/c1-13(2,3)18-10-9-16-11(12(18)19)17-14(4)5-7-15-8-6-14/h9-10,15H,5-8H2,1-4H3,(H,16,17). The lowest BCUT2D eigenvalue weighted by Gasteiger charge is -2.35. The molecule has 1 saturated heterocycles. The van der Waals surface area contributed by atoms with Gasteiger partial charge in [0, 0.05) is 23.5 Å². The van der Waals surface area contributed by atoms with E-state index in [4.69, 9.17) is 0 Å². The Morgan fingerprint density at radius 3 is 2.58 bits per heavy atom. The van der Waals surface area contributed by atoms with Crippen molar-refractivity contribution in [1.82, 2.24) is 14.9 Å². The molecule has 0 aliphatic carbocycles. The number of nitrogens with one attached hydrogen (secondary N) is 2. The molecule has 0 unspecified atom stereocenters. The molecule has 2 heterocycles. The van der Waals surface area contributed by atoms with Crippen LogP contribution in [-0.4, -0.2) is 28.2 Å². The fourth-order valence-corrected chi connectivity index (χ4v) is 2.41. The fourth-order valence-electron chi connectivity index (χ4n) is 2.41. The average Bonchev–Trinajstić information content (AvgIpc) is 2.31. The highest BCUT2D eigenvalue weighted by atomic mass is 16.1. The minimum atomic E-state index is -0.231. The Bertz CT molecular complexity index is 495. The van der Waals surface area contributed by atoms with Gasteiger partial charge in [-0.3, -0.25) is 4.79 Å². The van der Waals surface area contributed by atoms with Gasteiger partial charge in [0.25, 0.3) is 5.56 Å². The largest absolute Gasteiger partial charge is 0.360 e. The third kappa shape index (κ3) is 3.15. The van der Waals surface area contributed by atoms with E-state index < -0.39 is 0 Å². The highest BCUT2D eigenvalue weighted by molar-refractivity contribution is 5.35. The molecular weight excluding hydrogens is 240 g/mol. The maximum Gasteiger partial charge on any atom is 0.293 e. The van der Waals surface area contributed by atoms with E-state index in [-0.39, 0.29) is 16.6 Å². The highest BCUT2D eigenvalue weighted by Crippen LogP contribution is 2.21. The Kier molecular flexibility index (Phi) is 3.67. The van der Waals surface area contributed by atoms with Gasteiger partial charge in [0.1, 0.15) is 0 Å². The number of hydrogen-bond acceptors (Lipinski definition) is 4. The van der Waals surface area contributed by atoms with E-state index in [0.717, 1.165) is 25.9 Å². The summed E-state index contributed by atoms with van der Waals surface area (Å²) in [5.74, 6) is 0.460. The Morgan fingerprint density at radius 1 is 1.37 bits per heavy atom. The summed E-state index contributed by atoms with van der Waals surface area (Å²) in [7, 11) is 0. The second kappa shape index (κ2) is 4.96. The Balaban J connectivity index is 2.29. The van der Waals surface area contributed by atoms with Gasteiger partial charge in [-0.1, -0.05) is 0 Å². The molecule has 2 N–H and O–H groups in total. The lowest BCUT2D eigenvalue weighted by atomic mass is 9.91. The molecule has 1 aromatic heterocycles. The predicted molar refractivity (Wildman–Crippen MR) is 77.6 cm³/mol. The minimum absolute atomic E-state index is 0.0465. The van der Waals surface area contributed by atoms with Gasteiger partial charge in [0.2, 0.25) is 0 Å². The van der Waals surface area contributed by atoms with Crippen LogP contribution < -0.4 is 16.2 Å². The smallest absolute Gasteiger partial charge is 0.293 e. The molecule has 0 saturated carbocycles. The third-order valence-corrected chi connectivity index (χ3v) is 3.69. The molecule has 0 atom stereocenters. The van der Waals surface area contributed by atoms with Crippen LogP contribution in [0.3, 0.4) is 0 Å². The van der Waals surface area contributed by atoms with Crippen molar-refractivity contribution >= 4 is 5.82 Å². The van der Waals surface area contributed by atoms with Crippen molar-refractivity contribution in [3.05, 3.63) is 22.7 Å². The van der Waals surface area contributed by atoms with Gasteiger partial charge in [0.05, 0.1) is 0 Å². The first-order valence-electron chi connectivity index (χ1n) is 6.89. The number of aromatic nitrogens is 2. The first-order chi connectivity index (χ1) is 8.82. The van der Waals surface area contributed by atoms with Gasteiger partial charge in [0.15, 0.2) is 5.82 Å². The van der Waals surface area contributed by atoms with Crippen molar-refractivity contribution in [2.24, 2.45) is 0 Å². The average molecular weight is 264 g/mol. The second-order valence-corrected chi connectivity index (χ2v) is 6.56. The van der Waals surface area contributed by atoms with Crippen LogP contribution >= 0.6 is 0 Å². The summed E-state index contributed by atoms with van der Waals surface area (Å²) < 4.78 is 1.73. The first-order valence-corrected chi connectivity index (χ1v) is 6.89. The Labute approximate surface area is 114 Å². The first kappa shape index (κ1) is 14.1. The third-order valence-electron chi connectivity index (χ3n) is 3.69. The molecule has 1 fully saturated rings. The molecule has 5 nitrogen and oxygen atoms in total. The molecule has 5 heteroatoms. The zero-order valence-corrected chi connectivity index (χ0v) is 12.3. The van der Waals surface area contributed by atoms with Crippen LogP contribution in [0.15, 0.2) is 17.2 Å². The summed E-state index contributed by atoms with van der Waals surface area (Å²) in [6.07, 6.45) is 5.44. The topological polar surface area (TPSA) is 59.0 Å². The van der Waals surface area contributed by atoms with E-state index in [0.29, 0.717) is 5.82 Å². The molecule has 0 bridgehead atoms. The Hall–Kier alpha value is -1.36. The monoisotopic (exact) mass is 264 g/mol. The summed E-state index contributed by atoms with van der Waals surface area (Å²) in [6.45, 7) is 10.2. The minimum Gasteiger partial charge on any atom is -0.360 e. The quantitative estimate of drug-likeness (QED) is 0.851.